The van der Waals surface area contributed by atoms with Gasteiger partial charge in [0.2, 0.25) is 0 Å². The number of nitrogens with zero attached hydrogens (tertiary/aromatic N) is 2. The molecular formula is C20H33IN4O2. The van der Waals surface area contributed by atoms with Gasteiger partial charge in [-0.2, -0.15) is 0 Å². The largest absolute Gasteiger partial charge is 0.469 e. The maximum absolute atomic E-state index is 5.46. The molecule has 2 aromatic heterocycles. The average Bonchev–Trinajstić information content (AvgIpc) is 3.30. The second-order valence-electron chi connectivity index (χ2n) is 6.93. The quantitative estimate of drug-likeness (QED) is 0.288. The molecule has 0 saturated heterocycles. The number of furan rings is 1. The lowest BCUT2D eigenvalue weighted by molar-refractivity contribution is 0.372. The lowest BCUT2D eigenvalue weighted by atomic mass is 9.99. The Morgan fingerprint density at radius 3 is 2.59 bits per heavy atom. The molecule has 0 spiro atoms. The van der Waals surface area contributed by atoms with Crippen LogP contribution in [0.15, 0.2) is 38.4 Å². The number of aromatic nitrogens is 1. The molecule has 2 N–H and O–H groups in total. The van der Waals surface area contributed by atoms with Gasteiger partial charge in [0.1, 0.15) is 12.3 Å². The van der Waals surface area contributed by atoms with E-state index in [2.05, 4.69) is 48.5 Å². The average molecular weight is 488 g/mol. The molecule has 0 aliphatic carbocycles. The highest BCUT2D eigenvalue weighted by Gasteiger charge is 2.13. The van der Waals surface area contributed by atoms with E-state index < -0.39 is 0 Å². The third-order valence-electron chi connectivity index (χ3n) is 4.30. The van der Waals surface area contributed by atoms with Crippen molar-refractivity contribution >= 4 is 29.9 Å². The van der Waals surface area contributed by atoms with Crippen LogP contribution in [0.25, 0.3) is 0 Å². The number of hydrogen-bond donors (Lipinski definition) is 2. The van der Waals surface area contributed by atoms with E-state index in [1.807, 2.05) is 18.2 Å². The van der Waals surface area contributed by atoms with Crippen molar-refractivity contribution in [2.45, 2.75) is 59.4 Å². The van der Waals surface area contributed by atoms with Crippen molar-refractivity contribution in [1.82, 2.24) is 15.8 Å². The monoisotopic (exact) mass is 488 g/mol. The number of nitrogens with one attached hydrogen (secondary N) is 2. The zero-order chi connectivity index (χ0) is 18.8. The molecule has 0 saturated carbocycles. The van der Waals surface area contributed by atoms with E-state index in [0.29, 0.717) is 18.4 Å². The van der Waals surface area contributed by atoms with Gasteiger partial charge in [0.15, 0.2) is 11.7 Å². The van der Waals surface area contributed by atoms with Crippen LogP contribution in [0.5, 0.6) is 0 Å². The third-order valence-corrected chi connectivity index (χ3v) is 4.30. The molecule has 2 aromatic rings. The van der Waals surface area contributed by atoms with Gasteiger partial charge in [0.25, 0.3) is 0 Å². The topological polar surface area (TPSA) is 75.6 Å². The first-order chi connectivity index (χ1) is 12.6. The Bertz CT molecular complexity index is 649. The van der Waals surface area contributed by atoms with E-state index in [-0.39, 0.29) is 24.0 Å². The van der Waals surface area contributed by atoms with Gasteiger partial charge in [-0.25, -0.2) is 4.99 Å². The standard InChI is InChI=1S/C20H32N4O2.HI/c1-5-16(6-2)19-12-18(26-24-19)14-23-20(22-13-15(3)4)21-10-9-17-8-7-11-25-17;/h7-8,11-12,15-16H,5-6,9-10,13-14H2,1-4H3,(H2,21,22,23);1H. The van der Waals surface area contributed by atoms with Crippen molar-refractivity contribution in [2.75, 3.05) is 13.1 Å². The third kappa shape index (κ3) is 8.36. The Labute approximate surface area is 179 Å². The molecule has 0 aromatic carbocycles. The first-order valence-electron chi connectivity index (χ1n) is 9.62. The van der Waals surface area contributed by atoms with Gasteiger partial charge in [0.05, 0.1) is 12.0 Å². The molecule has 0 aliphatic heterocycles. The van der Waals surface area contributed by atoms with Gasteiger partial charge < -0.3 is 19.6 Å². The van der Waals surface area contributed by atoms with Crippen LogP contribution in [0.1, 0.15) is 63.7 Å². The molecule has 2 rings (SSSR count). The summed E-state index contributed by atoms with van der Waals surface area (Å²) in [6.07, 6.45) is 4.65. The first-order valence-corrected chi connectivity index (χ1v) is 9.62. The predicted octanol–water partition coefficient (Wildman–Crippen LogP) is 4.72. The van der Waals surface area contributed by atoms with Gasteiger partial charge in [-0.05, 0) is 30.9 Å². The molecule has 0 atom stereocenters. The minimum absolute atomic E-state index is 0. The number of halogens is 1. The summed E-state index contributed by atoms with van der Waals surface area (Å²) < 4.78 is 10.8. The molecule has 0 amide bonds. The van der Waals surface area contributed by atoms with Crippen molar-refractivity contribution in [3.05, 3.63) is 41.7 Å². The van der Waals surface area contributed by atoms with Crippen LogP contribution < -0.4 is 10.6 Å². The van der Waals surface area contributed by atoms with E-state index >= 15 is 0 Å². The summed E-state index contributed by atoms with van der Waals surface area (Å²) in [5.74, 6) is 3.54. The predicted molar refractivity (Wildman–Crippen MR) is 120 cm³/mol. The van der Waals surface area contributed by atoms with Gasteiger partial charge in [-0.1, -0.05) is 32.9 Å². The van der Waals surface area contributed by atoms with Crippen LogP contribution in [0.2, 0.25) is 0 Å². The normalized spacial score (nSPS) is 11.7. The summed E-state index contributed by atoms with van der Waals surface area (Å²) in [7, 11) is 0. The number of rotatable bonds is 10. The van der Waals surface area contributed by atoms with Crippen LogP contribution in [0, 0.1) is 5.92 Å². The van der Waals surface area contributed by atoms with Crippen LogP contribution in [0.3, 0.4) is 0 Å². The summed E-state index contributed by atoms with van der Waals surface area (Å²) >= 11 is 0. The van der Waals surface area contributed by atoms with E-state index in [1.165, 1.54) is 0 Å². The Morgan fingerprint density at radius 1 is 1.19 bits per heavy atom. The Kier molecular flexibility index (Phi) is 11.2. The molecule has 152 valence electrons. The van der Waals surface area contributed by atoms with Crippen molar-refractivity contribution in [3.63, 3.8) is 0 Å². The molecule has 7 heteroatoms. The van der Waals surface area contributed by atoms with Gasteiger partial charge in [-0.15, -0.1) is 24.0 Å². The molecule has 0 fully saturated rings. The van der Waals surface area contributed by atoms with E-state index in [9.17, 15) is 0 Å². The minimum atomic E-state index is 0. The summed E-state index contributed by atoms with van der Waals surface area (Å²) in [6, 6.07) is 5.92. The number of aliphatic imine (C=N–C) groups is 1. The highest BCUT2D eigenvalue weighted by Crippen LogP contribution is 2.22. The van der Waals surface area contributed by atoms with E-state index in [1.54, 1.807) is 6.26 Å². The van der Waals surface area contributed by atoms with Crippen LogP contribution in [0.4, 0.5) is 0 Å². The van der Waals surface area contributed by atoms with Gasteiger partial charge in [-0.3, -0.25) is 0 Å². The molecule has 2 heterocycles. The SMILES string of the molecule is CCC(CC)c1cc(CN=C(NCCc2ccco2)NCC(C)C)on1.I. The Balaban J connectivity index is 0.00000364. The fraction of sp³-hybridized carbons (Fsp3) is 0.600. The summed E-state index contributed by atoms with van der Waals surface area (Å²) in [6.45, 7) is 10.8. The molecule has 27 heavy (non-hydrogen) atoms. The number of hydrogen-bond acceptors (Lipinski definition) is 4. The van der Waals surface area contributed by atoms with Crippen molar-refractivity contribution < 1.29 is 8.94 Å². The fourth-order valence-corrected chi connectivity index (χ4v) is 2.69. The highest BCUT2D eigenvalue weighted by atomic mass is 127. The smallest absolute Gasteiger partial charge is 0.191 e. The van der Waals surface area contributed by atoms with E-state index in [4.69, 9.17) is 8.94 Å². The maximum Gasteiger partial charge on any atom is 0.191 e. The summed E-state index contributed by atoms with van der Waals surface area (Å²) in [5, 5.41) is 10.9. The lowest BCUT2D eigenvalue weighted by Gasteiger charge is -2.13. The molecular weight excluding hydrogens is 455 g/mol. The molecule has 0 unspecified atom stereocenters. The second-order valence-corrected chi connectivity index (χ2v) is 6.93. The zero-order valence-corrected chi connectivity index (χ0v) is 19.2. The molecule has 6 nitrogen and oxygen atoms in total. The minimum Gasteiger partial charge on any atom is -0.469 e. The van der Waals surface area contributed by atoms with Crippen LogP contribution >= 0.6 is 24.0 Å². The summed E-state index contributed by atoms with van der Waals surface area (Å²) in [5.41, 5.74) is 1.03. The second kappa shape index (κ2) is 12.8. The van der Waals surface area contributed by atoms with Gasteiger partial charge in [0, 0.05) is 31.5 Å². The lowest BCUT2D eigenvalue weighted by Crippen LogP contribution is -2.40. The van der Waals surface area contributed by atoms with Crippen LogP contribution in [-0.2, 0) is 13.0 Å². The van der Waals surface area contributed by atoms with Crippen molar-refractivity contribution in [3.8, 4) is 0 Å². The van der Waals surface area contributed by atoms with Crippen molar-refractivity contribution in [2.24, 2.45) is 10.9 Å². The highest BCUT2D eigenvalue weighted by molar-refractivity contribution is 14.0. The fourth-order valence-electron chi connectivity index (χ4n) is 2.69. The Hall–Kier alpha value is -1.51. The zero-order valence-electron chi connectivity index (χ0n) is 16.8. The Morgan fingerprint density at radius 2 is 1.96 bits per heavy atom. The summed E-state index contributed by atoms with van der Waals surface area (Å²) in [4.78, 5) is 4.64. The number of guanidine groups is 1. The van der Waals surface area contributed by atoms with E-state index in [0.717, 1.165) is 55.5 Å². The van der Waals surface area contributed by atoms with Crippen molar-refractivity contribution in [1.29, 1.82) is 0 Å². The molecule has 0 bridgehead atoms. The molecule has 0 radical (unpaired) electrons. The first kappa shape index (κ1) is 23.5. The van der Waals surface area contributed by atoms with Crippen LogP contribution in [-0.4, -0.2) is 24.2 Å². The van der Waals surface area contributed by atoms with Gasteiger partial charge >= 0.3 is 0 Å². The maximum atomic E-state index is 5.46. The molecule has 0 aliphatic rings.